The van der Waals surface area contributed by atoms with E-state index >= 15 is 0 Å². The van der Waals surface area contributed by atoms with Crippen LogP contribution in [0.1, 0.15) is 21.5 Å². The van der Waals surface area contributed by atoms with Crippen molar-refractivity contribution < 1.29 is 14.4 Å². The molecule has 0 aliphatic heterocycles. The number of amides is 3. The first kappa shape index (κ1) is 30.1. The second kappa shape index (κ2) is 14.7. The zero-order valence-electron chi connectivity index (χ0n) is 24.1. The van der Waals surface area contributed by atoms with E-state index in [4.69, 9.17) is 0 Å². The summed E-state index contributed by atoms with van der Waals surface area (Å²) < 4.78 is 0. The van der Waals surface area contributed by atoms with E-state index < -0.39 is 5.91 Å². The number of aryl methyl sites for hydroxylation is 1. The highest BCUT2D eigenvalue weighted by molar-refractivity contribution is 8.00. The summed E-state index contributed by atoms with van der Waals surface area (Å²) in [7, 11) is 0. The number of hydrogen-bond donors (Lipinski definition) is 3. The highest BCUT2D eigenvalue weighted by Crippen LogP contribution is 2.23. The Balaban J connectivity index is 1.26. The second-order valence-corrected chi connectivity index (χ2v) is 11.1. The van der Waals surface area contributed by atoms with E-state index in [1.54, 1.807) is 42.5 Å². The quantitative estimate of drug-likeness (QED) is 0.113. The monoisotopic (exact) mass is 597 g/mol. The maximum Gasteiger partial charge on any atom is 0.272 e. The standard InChI is InChI=1S/C37H31N3O3S/c1-26-9-8-14-32(23-26)38-35(41)25-44-33-21-19-31(20-22-33)39-37(43)34(40-36(42)30-12-6-3-7-13-30)24-27-15-17-29(18-16-27)28-10-4-2-5-11-28/h2-24H,25H2,1H3,(H,38,41)(H,39,43)(H,40,42)/b34-24-. The molecule has 0 bridgehead atoms. The number of rotatable bonds is 10. The van der Waals surface area contributed by atoms with Crippen LogP contribution in [-0.2, 0) is 9.59 Å². The van der Waals surface area contributed by atoms with Crippen molar-refractivity contribution in [2.75, 3.05) is 16.4 Å². The Bertz CT molecular complexity index is 1770. The second-order valence-electron chi connectivity index (χ2n) is 10.1. The van der Waals surface area contributed by atoms with Gasteiger partial charge in [0.25, 0.3) is 11.8 Å². The molecule has 3 N–H and O–H groups in total. The van der Waals surface area contributed by atoms with Crippen LogP contribution in [0, 0.1) is 6.92 Å². The minimum absolute atomic E-state index is 0.0984. The summed E-state index contributed by atoms with van der Waals surface area (Å²) in [6.45, 7) is 1.98. The molecule has 0 saturated heterocycles. The van der Waals surface area contributed by atoms with Gasteiger partial charge in [0, 0.05) is 21.8 Å². The van der Waals surface area contributed by atoms with Gasteiger partial charge in [-0.3, -0.25) is 14.4 Å². The third-order valence-electron chi connectivity index (χ3n) is 6.64. The Morgan fingerprint density at radius 1 is 0.659 bits per heavy atom. The van der Waals surface area contributed by atoms with E-state index in [1.807, 2.05) is 104 Å². The molecule has 0 spiro atoms. The van der Waals surface area contributed by atoms with Gasteiger partial charge in [-0.05, 0) is 83.8 Å². The summed E-state index contributed by atoms with van der Waals surface area (Å²) in [4.78, 5) is 39.7. The van der Waals surface area contributed by atoms with Gasteiger partial charge in [-0.15, -0.1) is 11.8 Å². The lowest BCUT2D eigenvalue weighted by molar-refractivity contribution is -0.114. The Morgan fingerprint density at radius 2 is 1.32 bits per heavy atom. The highest BCUT2D eigenvalue weighted by atomic mass is 32.2. The van der Waals surface area contributed by atoms with Gasteiger partial charge in [-0.25, -0.2) is 0 Å². The van der Waals surface area contributed by atoms with Crippen LogP contribution in [0.3, 0.4) is 0 Å². The summed E-state index contributed by atoms with van der Waals surface area (Å²) >= 11 is 1.40. The fourth-order valence-corrected chi connectivity index (χ4v) is 5.11. The minimum Gasteiger partial charge on any atom is -0.325 e. The van der Waals surface area contributed by atoms with Crippen LogP contribution in [-0.4, -0.2) is 23.5 Å². The first-order chi connectivity index (χ1) is 21.4. The van der Waals surface area contributed by atoms with Crippen molar-refractivity contribution >= 4 is 46.9 Å². The maximum absolute atomic E-state index is 13.4. The average molecular weight is 598 g/mol. The SMILES string of the molecule is Cc1cccc(NC(=O)CSc2ccc(NC(=O)/C(=C/c3ccc(-c4ccccc4)cc3)NC(=O)c3ccccc3)cc2)c1. The van der Waals surface area contributed by atoms with E-state index in [9.17, 15) is 14.4 Å². The maximum atomic E-state index is 13.4. The molecule has 0 unspecified atom stereocenters. The molecule has 0 atom stereocenters. The molecule has 0 radical (unpaired) electrons. The van der Waals surface area contributed by atoms with Crippen molar-refractivity contribution in [2.45, 2.75) is 11.8 Å². The minimum atomic E-state index is -0.459. The smallest absolute Gasteiger partial charge is 0.272 e. The fraction of sp³-hybridized carbons (Fsp3) is 0.0541. The molecular weight excluding hydrogens is 566 g/mol. The zero-order valence-corrected chi connectivity index (χ0v) is 24.9. The summed E-state index contributed by atoms with van der Waals surface area (Å²) in [5.74, 6) is -0.692. The van der Waals surface area contributed by atoms with Crippen LogP contribution in [0.15, 0.2) is 144 Å². The van der Waals surface area contributed by atoms with Gasteiger partial charge in [0.05, 0.1) is 5.75 Å². The molecule has 5 aromatic carbocycles. The lowest BCUT2D eigenvalue weighted by Crippen LogP contribution is -2.30. The van der Waals surface area contributed by atoms with Crippen molar-refractivity contribution in [3.05, 3.63) is 156 Å². The summed E-state index contributed by atoms with van der Waals surface area (Å²) in [6, 6.07) is 41.4. The average Bonchev–Trinajstić information content (AvgIpc) is 3.05. The lowest BCUT2D eigenvalue weighted by Gasteiger charge is -2.12. The Hall–Kier alpha value is -5.40. The van der Waals surface area contributed by atoms with E-state index in [0.29, 0.717) is 11.3 Å². The molecule has 5 rings (SSSR count). The molecule has 3 amide bonds. The largest absolute Gasteiger partial charge is 0.325 e. The molecule has 0 aliphatic rings. The molecule has 5 aromatic rings. The van der Waals surface area contributed by atoms with Gasteiger partial charge in [0.15, 0.2) is 0 Å². The van der Waals surface area contributed by atoms with Gasteiger partial charge in [-0.2, -0.15) is 0 Å². The first-order valence-electron chi connectivity index (χ1n) is 14.1. The number of nitrogens with one attached hydrogen (secondary N) is 3. The van der Waals surface area contributed by atoms with Gasteiger partial charge in [0.2, 0.25) is 5.91 Å². The molecule has 0 aromatic heterocycles. The molecule has 0 aliphatic carbocycles. The summed E-state index contributed by atoms with van der Waals surface area (Å²) in [6.07, 6.45) is 1.65. The molecule has 0 saturated carbocycles. The van der Waals surface area contributed by atoms with Gasteiger partial charge in [-0.1, -0.05) is 84.9 Å². The van der Waals surface area contributed by atoms with E-state index in [2.05, 4.69) is 16.0 Å². The van der Waals surface area contributed by atoms with Crippen LogP contribution in [0.2, 0.25) is 0 Å². The number of benzene rings is 5. The van der Waals surface area contributed by atoms with Crippen LogP contribution >= 0.6 is 11.8 Å². The molecule has 6 nitrogen and oxygen atoms in total. The summed E-state index contributed by atoms with van der Waals surface area (Å²) in [5, 5.41) is 8.56. The van der Waals surface area contributed by atoms with E-state index in [-0.39, 0.29) is 23.3 Å². The third-order valence-corrected chi connectivity index (χ3v) is 7.65. The number of thioether (sulfide) groups is 1. The predicted octanol–water partition coefficient (Wildman–Crippen LogP) is 7.80. The number of hydrogen-bond acceptors (Lipinski definition) is 4. The predicted molar refractivity (Wildman–Crippen MR) is 179 cm³/mol. The third kappa shape index (κ3) is 8.56. The fourth-order valence-electron chi connectivity index (χ4n) is 4.41. The lowest BCUT2D eigenvalue weighted by atomic mass is 10.0. The number of anilines is 2. The topological polar surface area (TPSA) is 87.3 Å². The molecule has 44 heavy (non-hydrogen) atoms. The van der Waals surface area contributed by atoms with Crippen LogP contribution in [0.5, 0.6) is 0 Å². The van der Waals surface area contributed by atoms with E-state index in [1.165, 1.54) is 11.8 Å². The van der Waals surface area contributed by atoms with Crippen molar-refractivity contribution in [3.8, 4) is 11.1 Å². The van der Waals surface area contributed by atoms with Gasteiger partial charge in [0.1, 0.15) is 5.70 Å². The Morgan fingerprint density at radius 3 is 2.00 bits per heavy atom. The van der Waals surface area contributed by atoms with Crippen LogP contribution < -0.4 is 16.0 Å². The number of carbonyl (C=O) groups is 3. The number of carbonyl (C=O) groups excluding carboxylic acids is 3. The van der Waals surface area contributed by atoms with Crippen LogP contribution in [0.4, 0.5) is 11.4 Å². The molecule has 0 fully saturated rings. The van der Waals surface area contributed by atoms with Crippen LogP contribution in [0.25, 0.3) is 17.2 Å². The summed E-state index contributed by atoms with van der Waals surface area (Å²) in [5.41, 5.74) is 5.85. The molecular formula is C37H31N3O3S. The molecule has 0 heterocycles. The highest BCUT2D eigenvalue weighted by Gasteiger charge is 2.15. The van der Waals surface area contributed by atoms with Gasteiger partial charge >= 0.3 is 0 Å². The van der Waals surface area contributed by atoms with E-state index in [0.717, 1.165) is 32.8 Å². The first-order valence-corrected chi connectivity index (χ1v) is 15.1. The zero-order chi connectivity index (χ0) is 30.7. The van der Waals surface area contributed by atoms with Gasteiger partial charge < -0.3 is 16.0 Å². The van der Waals surface area contributed by atoms with Crippen molar-refractivity contribution in [1.29, 1.82) is 0 Å². The van der Waals surface area contributed by atoms with Crippen molar-refractivity contribution in [2.24, 2.45) is 0 Å². The molecule has 218 valence electrons. The van der Waals surface area contributed by atoms with Crippen molar-refractivity contribution in [3.63, 3.8) is 0 Å². The Kier molecular flexibility index (Phi) is 10.0. The Labute approximate surface area is 261 Å². The molecule has 7 heteroatoms. The van der Waals surface area contributed by atoms with Crippen molar-refractivity contribution in [1.82, 2.24) is 5.32 Å². The normalized spacial score (nSPS) is 11.0.